The molecule has 1 aliphatic rings. The van der Waals surface area contributed by atoms with E-state index < -0.39 is 0 Å². The van der Waals surface area contributed by atoms with Crippen LogP contribution in [0.15, 0.2) is 12.2 Å². The first kappa shape index (κ1) is 23.7. The summed E-state index contributed by atoms with van der Waals surface area (Å²) in [5.41, 5.74) is 0. The van der Waals surface area contributed by atoms with Crippen LogP contribution in [0, 0.1) is 0 Å². The Morgan fingerprint density at radius 3 is 1.96 bits per heavy atom. The second-order valence-corrected chi connectivity index (χ2v) is 8.51. The minimum absolute atomic E-state index is 0.279. The van der Waals surface area contributed by atoms with Gasteiger partial charge in [-0.25, -0.2) is 0 Å². The number of quaternary nitrogens is 1. The van der Waals surface area contributed by atoms with E-state index in [0.717, 1.165) is 24.1 Å². The fourth-order valence-electron chi connectivity index (χ4n) is 4.09. The van der Waals surface area contributed by atoms with Crippen molar-refractivity contribution in [3.8, 4) is 0 Å². The smallest absolute Gasteiger partial charge is 0.162 e. The van der Waals surface area contributed by atoms with Crippen LogP contribution in [0.2, 0.25) is 0 Å². The number of hydrogen-bond donors (Lipinski definition) is 2. The first-order chi connectivity index (χ1) is 12.7. The number of hydrogen-bond acceptors (Lipinski definition) is 2. The van der Waals surface area contributed by atoms with Gasteiger partial charge in [0, 0.05) is 0 Å². The first-order valence-corrected chi connectivity index (χ1v) is 11.6. The maximum Gasteiger partial charge on any atom is 0.162 e. The molecule has 3 heteroatoms. The lowest BCUT2D eigenvalue weighted by atomic mass is 10.0. The molecule has 1 saturated heterocycles. The Kier molecular flexibility index (Phi) is 14.2. The van der Waals surface area contributed by atoms with Gasteiger partial charge in [0.2, 0.25) is 0 Å². The van der Waals surface area contributed by atoms with Gasteiger partial charge in [-0.2, -0.15) is 0 Å². The molecule has 0 spiro atoms. The number of nitrogens with one attached hydrogen (secondary N) is 1. The van der Waals surface area contributed by atoms with Gasteiger partial charge in [-0.3, -0.25) is 5.32 Å². The van der Waals surface area contributed by atoms with Crippen molar-refractivity contribution in [1.29, 1.82) is 0 Å². The summed E-state index contributed by atoms with van der Waals surface area (Å²) in [5, 5.41) is 12.8. The second kappa shape index (κ2) is 15.7. The molecule has 0 aromatic carbocycles. The lowest BCUT2D eigenvalue weighted by Crippen LogP contribution is -2.51. The van der Waals surface area contributed by atoms with Crippen LogP contribution in [0.3, 0.4) is 0 Å². The lowest BCUT2D eigenvalue weighted by molar-refractivity contribution is -0.915. The van der Waals surface area contributed by atoms with Crippen molar-refractivity contribution in [2.75, 3.05) is 33.3 Å². The van der Waals surface area contributed by atoms with Gasteiger partial charge in [-0.05, 0) is 18.9 Å². The summed E-state index contributed by atoms with van der Waals surface area (Å²) in [6, 6.07) is 0. The molecular weight excluding hydrogens is 320 g/mol. The minimum Gasteiger partial charge on any atom is -0.391 e. The van der Waals surface area contributed by atoms with Crippen LogP contribution in [0.4, 0.5) is 0 Å². The monoisotopic (exact) mass is 367 g/mol. The minimum atomic E-state index is 0.279. The standard InChI is InChI=1S/C23H47N2O/c1-3-4-5-6-7-8-9-10-11-12-13-14-15-16-17-18-23-24-19-20-25(23,2)21-22-26/h17-18,23-24,26H,3-16,19-22H2,1-2H3/q+1. The topological polar surface area (TPSA) is 32.3 Å². The Labute approximate surface area is 163 Å². The molecule has 3 nitrogen and oxygen atoms in total. The number of aliphatic hydroxyl groups excluding tert-OH is 1. The zero-order valence-corrected chi connectivity index (χ0v) is 17.9. The Morgan fingerprint density at radius 2 is 1.42 bits per heavy atom. The molecule has 26 heavy (non-hydrogen) atoms. The molecule has 0 amide bonds. The molecule has 0 aliphatic carbocycles. The van der Waals surface area contributed by atoms with E-state index in [1.165, 1.54) is 89.9 Å². The Hall–Kier alpha value is -0.380. The molecule has 0 aromatic rings. The van der Waals surface area contributed by atoms with Gasteiger partial charge < -0.3 is 9.59 Å². The van der Waals surface area contributed by atoms with Crippen molar-refractivity contribution in [2.24, 2.45) is 0 Å². The van der Waals surface area contributed by atoms with Crippen LogP contribution in [0.1, 0.15) is 96.8 Å². The Morgan fingerprint density at radius 1 is 0.885 bits per heavy atom. The highest BCUT2D eigenvalue weighted by Gasteiger charge is 2.34. The van der Waals surface area contributed by atoms with Crippen molar-refractivity contribution < 1.29 is 9.59 Å². The molecule has 2 unspecified atom stereocenters. The Balaban J connectivity index is 1.87. The third-order valence-electron chi connectivity index (χ3n) is 6.05. The highest BCUT2D eigenvalue weighted by atomic mass is 16.3. The van der Waals surface area contributed by atoms with Crippen molar-refractivity contribution >= 4 is 0 Å². The van der Waals surface area contributed by atoms with Crippen LogP contribution >= 0.6 is 0 Å². The van der Waals surface area contributed by atoms with Gasteiger partial charge >= 0.3 is 0 Å². The normalized spacial score (nSPS) is 23.3. The van der Waals surface area contributed by atoms with Gasteiger partial charge in [0.05, 0.1) is 26.7 Å². The van der Waals surface area contributed by atoms with E-state index in [4.69, 9.17) is 0 Å². The summed E-state index contributed by atoms with van der Waals surface area (Å²) in [7, 11) is 2.25. The second-order valence-electron chi connectivity index (χ2n) is 8.51. The number of unbranched alkanes of at least 4 members (excludes halogenated alkanes) is 13. The van der Waals surface area contributed by atoms with Crippen LogP contribution in [0.5, 0.6) is 0 Å². The van der Waals surface area contributed by atoms with E-state index in [0.29, 0.717) is 6.17 Å². The zero-order chi connectivity index (χ0) is 18.9. The lowest BCUT2D eigenvalue weighted by Gasteiger charge is -2.33. The maximum atomic E-state index is 9.25. The van der Waals surface area contributed by atoms with Gasteiger partial charge in [0.1, 0.15) is 6.54 Å². The molecule has 1 heterocycles. The van der Waals surface area contributed by atoms with Crippen LogP contribution in [-0.4, -0.2) is 49.0 Å². The van der Waals surface area contributed by atoms with Crippen molar-refractivity contribution in [1.82, 2.24) is 5.32 Å². The molecule has 1 fully saturated rings. The summed E-state index contributed by atoms with van der Waals surface area (Å²) in [4.78, 5) is 0. The van der Waals surface area contributed by atoms with Crippen LogP contribution < -0.4 is 5.32 Å². The van der Waals surface area contributed by atoms with E-state index >= 15 is 0 Å². The number of allylic oxidation sites excluding steroid dienone is 1. The highest BCUT2D eigenvalue weighted by molar-refractivity contribution is 4.90. The molecular formula is C23H47N2O+. The summed E-state index contributed by atoms with van der Waals surface area (Å²) in [6.07, 6.45) is 24.8. The number of nitrogens with zero attached hydrogens (tertiary/aromatic N) is 1. The van der Waals surface area contributed by atoms with E-state index in [-0.39, 0.29) is 6.61 Å². The quantitative estimate of drug-likeness (QED) is 0.205. The summed E-state index contributed by atoms with van der Waals surface area (Å²) >= 11 is 0. The summed E-state index contributed by atoms with van der Waals surface area (Å²) in [6.45, 7) is 5.60. The SMILES string of the molecule is CCCCCCCCCCCCCCCC=CC1NCC[N+]1(C)CCO. The molecule has 0 saturated carbocycles. The number of likely N-dealkylation sites (N-methyl/N-ethyl adjacent to an activating group) is 1. The fraction of sp³-hybridized carbons (Fsp3) is 0.913. The number of aliphatic hydroxyl groups is 1. The molecule has 2 N–H and O–H groups in total. The average Bonchev–Trinajstić information content (AvgIpc) is 2.99. The third kappa shape index (κ3) is 10.7. The van der Waals surface area contributed by atoms with Crippen LogP contribution in [-0.2, 0) is 0 Å². The summed E-state index contributed by atoms with van der Waals surface area (Å²) in [5.74, 6) is 0. The number of rotatable bonds is 17. The van der Waals surface area contributed by atoms with Crippen molar-refractivity contribution in [3.63, 3.8) is 0 Å². The van der Waals surface area contributed by atoms with E-state index in [9.17, 15) is 5.11 Å². The van der Waals surface area contributed by atoms with Crippen LogP contribution in [0.25, 0.3) is 0 Å². The maximum absolute atomic E-state index is 9.25. The molecule has 154 valence electrons. The Bertz CT molecular complexity index is 345. The van der Waals surface area contributed by atoms with Crippen molar-refractivity contribution in [2.45, 2.75) is 103 Å². The first-order valence-electron chi connectivity index (χ1n) is 11.6. The fourth-order valence-corrected chi connectivity index (χ4v) is 4.09. The van der Waals surface area contributed by atoms with E-state index in [1.807, 2.05) is 0 Å². The zero-order valence-electron chi connectivity index (χ0n) is 17.9. The van der Waals surface area contributed by atoms with Crippen molar-refractivity contribution in [3.05, 3.63) is 12.2 Å². The van der Waals surface area contributed by atoms with E-state index in [1.54, 1.807) is 0 Å². The predicted molar refractivity (Wildman–Crippen MR) is 114 cm³/mol. The molecule has 2 atom stereocenters. The summed E-state index contributed by atoms with van der Waals surface area (Å²) < 4.78 is 0.936. The molecule has 0 bridgehead atoms. The van der Waals surface area contributed by atoms with E-state index in [2.05, 4.69) is 31.4 Å². The van der Waals surface area contributed by atoms with Gasteiger partial charge in [0.25, 0.3) is 0 Å². The highest BCUT2D eigenvalue weighted by Crippen LogP contribution is 2.16. The third-order valence-corrected chi connectivity index (χ3v) is 6.05. The van der Waals surface area contributed by atoms with Gasteiger partial charge in [0.15, 0.2) is 6.17 Å². The molecule has 1 rings (SSSR count). The predicted octanol–water partition coefficient (Wildman–Crippen LogP) is 5.39. The largest absolute Gasteiger partial charge is 0.391 e. The van der Waals surface area contributed by atoms with Gasteiger partial charge in [-0.15, -0.1) is 0 Å². The average molecular weight is 368 g/mol. The molecule has 0 aromatic heterocycles. The molecule has 1 aliphatic heterocycles. The van der Waals surface area contributed by atoms with Gasteiger partial charge in [-0.1, -0.05) is 90.0 Å². The molecule has 0 radical (unpaired) electrons.